The summed E-state index contributed by atoms with van der Waals surface area (Å²) in [6, 6.07) is 13.5. The molecule has 24 heavy (non-hydrogen) atoms. The van der Waals surface area contributed by atoms with Crippen LogP contribution in [0, 0.1) is 0 Å². The summed E-state index contributed by atoms with van der Waals surface area (Å²) < 4.78 is 5.15. The zero-order chi connectivity index (χ0) is 16.9. The SMILES string of the molecule is COc1ccc(CCCN(C)C(=O)c2cccc3n[nH]nc23)cc1. The molecule has 0 aliphatic carbocycles. The summed E-state index contributed by atoms with van der Waals surface area (Å²) in [5.74, 6) is 0.816. The second-order valence-electron chi connectivity index (χ2n) is 5.68. The number of hydrogen-bond acceptors (Lipinski definition) is 4. The van der Waals surface area contributed by atoms with Crippen LogP contribution in [0.4, 0.5) is 0 Å². The van der Waals surface area contributed by atoms with Crippen molar-refractivity contribution in [3.8, 4) is 5.75 Å². The molecular weight excluding hydrogens is 304 g/mol. The van der Waals surface area contributed by atoms with E-state index in [4.69, 9.17) is 4.74 Å². The Hall–Kier alpha value is -2.89. The molecule has 124 valence electrons. The Labute approximate surface area is 140 Å². The number of H-pyrrole nitrogens is 1. The predicted octanol–water partition coefficient (Wildman–Crippen LogP) is 2.67. The highest BCUT2D eigenvalue weighted by molar-refractivity contribution is 6.04. The van der Waals surface area contributed by atoms with Crippen LogP contribution in [0.1, 0.15) is 22.3 Å². The number of fused-ring (bicyclic) bond motifs is 1. The maximum absolute atomic E-state index is 12.6. The predicted molar refractivity (Wildman–Crippen MR) is 92.2 cm³/mol. The Kier molecular flexibility index (Phi) is 4.74. The van der Waals surface area contributed by atoms with Gasteiger partial charge >= 0.3 is 0 Å². The molecule has 0 aliphatic rings. The number of para-hydroxylation sites is 1. The maximum atomic E-state index is 12.6. The summed E-state index contributed by atoms with van der Waals surface area (Å²) in [7, 11) is 3.47. The Bertz CT molecular complexity index is 826. The van der Waals surface area contributed by atoms with Crippen molar-refractivity contribution in [2.75, 3.05) is 20.7 Å². The van der Waals surface area contributed by atoms with E-state index in [2.05, 4.69) is 27.5 Å². The summed E-state index contributed by atoms with van der Waals surface area (Å²) in [6.45, 7) is 0.680. The molecule has 6 heteroatoms. The van der Waals surface area contributed by atoms with Crippen molar-refractivity contribution in [1.29, 1.82) is 0 Å². The molecule has 1 amide bonds. The molecule has 2 aromatic carbocycles. The van der Waals surface area contributed by atoms with Gasteiger partial charge in [0.1, 0.15) is 16.8 Å². The monoisotopic (exact) mass is 324 g/mol. The highest BCUT2D eigenvalue weighted by atomic mass is 16.5. The molecule has 0 bridgehead atoms. The van der Waals surface area contributed by atoms with Crippen LogP contribution in [-0.4, -0.2) is 46.9 Å². The number of ether oxygens (including phenoxy) is 1. The highest BCUT2D eigenvalue weighted by Gasteiger charge is 2.16. The fourth-order valence-corrected chi connectivity index (χ4v) is 2.66. The molecule has 0 radical (unpaired) electrons. The first-order chi connectivity index (χ1) is 11.7. The molecule has 0 spiro atoms. The minimum absolute atomic E-state index is 0.0377. The van der Waals surface area contributed by atoms with Gasteiger partial charge in [-0.05, 0) is 42.7 Å². The first-order valence-electron chi connectivity index (χ1n) is 7.87. The van der Waals surface area contributed by atoms with Crippen LogP contribution in [0.2, 0.25) is 0 Å². The van der Waals surface area contributed by atoms with E-state index >= 15 is 0 Å². The van der Waals surface area contributed by atoms with Gasteiger partial charge in [-0.3, -0.25) is 4.79 Å². The Morgan fingerprint density at radius 1 is 1.17 bits per heavy atom. The maximum Gasteiger partial charge on any atom is 0.255 e. The Balaban J connectivity index is 1.59. The fourth-order valence-electron chi connectivity index (χ4n) is 2.66. The molecule has 1 aromatic heterocycles. The molecule has 0 fully saturated rings. The van der Waals surface area contributed by atoms with Crippen LogP contribution in [0.15, 0.2) is 42.5 Å². The largest absolute Gasteiger partial charge is 0.497 e. The zero-order valence-corrected chi connectivity index (χ0v) is 13.8. The number of rotatable bonds is 6. The van der Waals surface area contributed by atoms with E-state index in [9.17, 15) is 4.79 Å². The summed E-state index contributed by atoms with van der Waals surface area (Å²) in [4.78, 5) is 14.3. The van der Waals surface area contributed by atoms with Crippen molar-refractivity contribution in [1.82, 2.24) is 20.3 Å². The van der Waals surface area contributed by atoms with Crippen molar-refractivity contribution in [2.45, 2.75) is 12.8 Å². The molecule has 0 unspecified atom stereocenters. The van der Waals surface area contributed by atoms with Crippen LogP contribution in [0.3, 0.4) is 0 Å². The number of aromatic nitrogens is 3. The second kappa shape index (κ2) is 7.12. The molecular formula is C18H20N4O2. The van der Waals surface area contributed by atoms with Gasteiger partial charge in [-0.25, -0.2) is 0 Å². The molecule has 6 nitrogen and oxygen atoms in total. The number of hydrogen-bond donors (Lipinski definition) is 1. The first kappa shape index (κ1) is 16.0. The summed E-state index contributed by atoms with van der Waals surface area (Å²) in [5, 5.41) is 10.7. The van der Waals surface area contributed by atoms with Gasteiger partial charge in [-0.2, -0.15) is 15.4 Å². The number of benzene rings is 2. The van der Waals surface area contributed by atoms with Gasteiger partial charge in [-0.1, -0.05) is 18.2 Å². The third-order valence-electron chi connectivity index (χ3n) is 4.04. The van der Waals surface area contributed by atoms with Gasteiger partial charge in [0.2, 0.25) is 0 Å². The first-order valence-corrected chi connectivity index (χ1v) is 7.87. The van der Waals surface area contributed by atoms with Crippen LogP contribution in [-0.2, 0) is 6.42 Å². The smallest absolute Gasteiger partial charge is 0.255 e. The number of carbonyl (C=O) groups is 1. The number of methoxy groups -OCH3 is 1. The van der Waals surface area contributed by atoms with Crippen molar-refractivity contribution >= 4 is 16.9 Å². The molecule has 1 N–H and O–H groups in total. The van der Waals surface area contributed by atoms with E-state index < -0.39 is 0 Å². The number of nitrogens with zero attached hydrogens (tertiary/aromatic N) is 3. The normalized spacial score (nSPS) is 10.8. The van der Waals surface area contributed by atoms with E-state index in [0.717, 1.165) is 18.6 Å². The van der Waals surface area contributed by atoms with E-state index in [1.165, 1.54) is 5.56 Å². The van der Waals surface area contributed by atoms with Gasteiger partial charge in [0, 0.05) is 13.6 Å². The minimum Gasteiger partial charge on any atom is -0.497 e. The lowest BCUT2D eigenvalue weighted by Gasteiger charge is -2.17. The lowest BCUT2D eigenvalue weighted by atomic mass is 10.1. The zero-order valence-electron chi connectivity index (χ0n) is 13.8. The quantitative estimate of drug-likeness (QED) is 0.757. The number of aromatic amines is 1. The van der Waals surface area contributed by atoms with Gasteiger partial charge in [0.25, 0.3) is 5.91 Å². The van der Waals surface area contributed by atoms with Crippen LogP contribution < -0.4 is 4.74 Å². The topological polar surface area (TPSA) is 71.1 Å². The summed E-state index contributed by atoms with van der Waals surface area (Å²) in [5.41, 5.74) is 3.13. The molecule has 0 aliphatic heterocycles. The van der Waals surface area contributed by atoms with Gasteiger partial charge in [0.05, 0.1) is 12.7 Å². The standard InChI is InChI=1S/C18H20N4O2/c1-22(12-4-5-13-8-10-14(24-2)11-9-13)18(23)15-6-3-7-16-17(15)20-21-19-16/h3,6-11H,4-5,12H2,1-2H3,(H,19,20,21). The van der Waals surface area contributed by atoms with Gasteiger partial charge in [0.15, 0.2) is 0 Å². The number of amides is 1. The minimum atomic E-state index is -0.0377. The molecule has 0 saturated heterocycles. The van der Waals surface area contributed by atoms with E-state index in [1.807, 2.05) is 31.3 Å². The lowest BCUT2D eigenvalue weighted by molar-refractivity contribution is 0.0795. The van der Waals surface area contributed by atoms with Crippen molar-refractivity contribution < 1.29 is 9.53 Å². The Morgan fingerprint density at radius 3 is 2.71 bits per heavy atom. The average molecular weight is 324 g/mol. The number of carbonyl (C=O) groups excluding carboxylic acids is 1. The van der Waals surface area contributed by atoms with Crippen molar-refractivity contribution in [3.63, 3.8) is 0 Å². The highest BCUT2D eigenvalue weighted by Crippen LogP contribution is 2.16. The lowest BCUT2D eigenvalue weighted by Crippen LogP contribution is -2.28. The molecule has 0 saturated carbocycles. The fraction of sp³-hybridized carbons (Fsp3) is 0.278. The molecule has 3 rings (SSSR count). The summed E-state index contributed by atoms with van der Waals surface area (Å²) >= 11 is 0. The van der Waals surface area contributed by atoms with Crippen molar-refractivity contribution in [2.24, 2.45) is 0 Å². The van der Waals surface area contributed by atoms with Gasteiger partial charge in [-0.15, -0.1) is 0 Å². The van der Waals surface area contributed by atoms with E-state index in [-0.39, 0.29) is 5.91 Å². The van der Waals surface area contributed by atoms with E-state index in [0.29, 0.717) is 23.1 Å². The van der Waals surface area contributed by atoms with Crippen LogP contribution in [0.5, 0.6) is 5.75 Å². The van der Waals surface area contributed by atoms with E-state index in [1.54, 1.807) is 18.1 Å². The summed E-state index contributed by atoms with van der Waals surface area (Å²) in [6.07, 6.45) is 1.80. The number of aryl methyl sites for hydroxylation is 1. The van der Waals surface area contributed by atoms with Crippen molar-refractivity contribution in [3.05, 3.63) is 53.6 Å². The van der Waals surface area contributed by atoms with Crippen LogP contribution >= 0.6 is 0 Å². The second-order valence-corrected chi connectivity index (χ2v) is 5.68. The average Bonchev–Trinajstić information content (AvgIpc) is 3.10. The number of nitrogens with one attached hydrogen (secondary N) is 1. The molecule has 0 atom stereocenters. The molecule has 3 aromatic rings. The van der Waals surface area contributed by atoms with Gasteiger partial charge < -0.3 is 9.64 Å². The third-order valence-corrected chi connectivity index (χ3v) is 4.04. The van der Waals surface area contributed by atoms with Crippen LogP contribution in [0.25, 0.3) is 11.0 Å². The third kappa shape index (κ3) is 3.37. The Morgan fingerprint density at radius 2 is 1.96 bits per heavy atom. The molecule has 1 heterocycles.